The second-order valence-electron chi connectivity index (χ2n) is 8.67. The van der Waals surface area contributed by atoms with Gasteiger partial charge in [0.15, 0.2) is 0 Å². The molecule has 1 aromatic rings. The highest BCUT2D eigenvalue weighted by atomic mass is 19.4. The van der Waals surface area contributed by atoms with Crippen LogP contribution >= 0.6 is 0 Å². The minimum atomic E-state index is -5.08. The summed E-state index contributed by atoms with van der Waals surface area (Å²) in [7, 11) is 0. The number of aliphatic carboxylic acids is 2. The number of carbonyl (C=O) groups excluding carboxylic acids is 1. The van der Waals surface area contributed by atoms with Gasteiger partial charge in [-0.25, -0.2) is 14.6 Å². The summed E-state index contributed by atoms with van der Waals surface area (Å²) in [5, 5.41) is 14.2. The molecule has 3 fully saturated rings. The van der Waals surface area contributed by atoms with Crippen LogP contribution < -0.4 is 0 Å². The molecule has 3 aliphatic rings. The first-order valence-corrected chi connectivity index (χ1v) is 10.8. The molecule has 2 N–H and O–H groups in total. The van der Waals surface area contributed by atoms with E-state index in [1.807, 2.05) is 4.90 Å². The lowest BCUT2D eigenvalue weighted by Gasteiger charge is -2.35. The quantitative estimate of drug-likeness (QED) is 0.453. The number of aromatic nitrogens is 1. The number of rotatable bonds is 3. The maximum absolute atomic E-state index is 13.2. The number of carbonyl (C=O) groups is 3. The Morgan fingerprint density at radius 1 is 1.00 bits per heavy atom. The number of nitrogens with zero attached hydrogens (tertiary/aromatic N) is 3. The normalized spacial score (nSPS) is 21.9. The molecule has 4 rings (SSSR count). The van der Waals surface area contributed by atoms with Gasteiger partial charge in [-0.05, 0) is 50.6 Å². The smallest absolute Gasteiger partial charge is 0.475 e. The lowest BCUT2D eigenvalue weighted by atomic mass is 9.95. The molecule has 1 amide bonds. The monoisotopic (exact) mass is 531 g/mol. The summed E-state index contributed by atoms with van der Waals surface area (Å²) in [6.45, 7) is 3.95. The molecule has 0 radical (unpaired) electrons. The van der Waals surface area contributed by atoms with E-state index >= 15 is 0 Å². The summed E-state index contributed by atoms with van der Waals surface area (Å²) in [6.07, 6.45) is -2.59. The molecule has 2 aliphatic heterocycles. The molecule has 36 heavy (non-hydrogen) atoms. The Morgan fingerprint density at radius 3 is 2.03 bits per heavy atom. The van der Waals surface area contributed by atoms with Gasteiger partial charge >= 0.3 is 24.3 Å². The lowest BCUT2D eigenvalue weighted by Crippen LogP contribution is -2.47. The Labute approximate surface area is 200 Å². The van der Waals surface area contributed by atoms with Crippen LogP contribution in [0.4, 0.5) is 30.7 Å². The SMILES string of the molecule is O=C(O)C(F)(F)F.O=C(O)C(F)(F)F.O=C(c1ccnc(F)c1)N1CCC2(CCCN2CC2CC2)C1. The molecule has 2 saturated heterocycles. The van der Waals surface area contributed by atoms with Gasteiger partial charge in [-0.1, -0.05) is 0 Å². The Kier molecular flexibility index (Phi) is 9.26. The largest absolute Gasteiger partial charge is 0.490 e. The van der Waals surface area contributed by atoms with Crippen molar-refractivity contribution < 1.29 is 55.3 Å². The van der Waals surface area contributed by atoms with Gasteiger partial charge in [0.2, 0.25) is 5.95 Å². The maximum Gasteiger partial charge on any atom is 0.490 e. The summed E-state index contributed by atoms with van der Waals surface area (Å²) < 4.78 is 76.7. The highest BCUT2D eigenvalue weighted by Gasteiger charge is 2.48. The van der Waals surface area contributed by atoms with Crippen molar-refractivity contribution >= 4 is 17.8 Å². The fourth-order valence-corrected chi connectivity index (χ4v) is 4.10. The standard InChI is InChI=1S/C17H22FN3O.2C2HF3O2/c18-15-10-14(4-7-19-15)16(22)20-9-6-17(12-20)5-1-8-21(17)11-13-2-3-13;2*3-2(4,5)1(6)7/h4,7,10,13H,1-3,5-6,8-9,11-12H2;2*(H,6,7). The lowest BCUT2D eigenvalue weighted by molar-refractivity contribution is -0.193. The number of hydrogen-bond acceptors (Lipinski definition) is 5. The van der Waals surface area contributed by atoms with E-state index in [1.165, 1.54) is 51.0 Å². The van der Waals surface area contributed by atoms with E-state index in [0.717, 1.165) is 25.4 Å². The van der Waals surface area contributed by atoms with Gasteiger partial charge in [-0.3, -0.25) is 9.69 Å². The van der Waals surface area contributed by atoms with Crippen molar-refractivity contribution in [3.63, 3.8) is 0 Å². The molecule has 0 bridgehead atoms. The minimum Gasteiger partial charge on any atom is -0.475 e. The first-order chi connectivity index (χ1) is 16.5. The minimum absolute atomic E-state index is 0.0588. The third-order valence-electron chi connectivity index (χ3n) is 5.99. The predicted octanol–water partition coefficient (Wildman–Crippen LogP) is 3.58. The van der Waals surface area contributed by atoms with Crippen molar-refractivity contribution in [3.8, 4) is 0 Å². The molecule has 1 atom stereocenters. The van der Waals surface area contributed by atoms with Crippen molar-refractivity contribution in [3.05, 3.63) is 29.8 Å². The number of hydrogen-bond donors (Lipinski definition) is 2. The van der Waals surface area contributed by atoms with Crippen molar-refractivity contribution in [2.75, 3.05) is 26.2 Å². The molecule has 1 aromatic heterocycles. The van der Waals surface area contributed by atoms with Crippen LogP contribution in [0.25, 0.3) is 0 Å². The van der Waals surface area contributed by atoms with E-state index in [2.05, 4.69) is 9.88 Å². The second kappa shape index (κ2) is 11.4. The van der Waals surface area contributed by atoms with Gasteiger partial charge in [0.05, 0.1) is 0 Å². The Morgan fingerprint density at radius 2 is 1.56 bits per heavy atom. The van der Waals surface area contributed by atoms with Crippen molar-refractivity contribution in [2.24, 2.45) is 5.92 Å². The molecule has 0 aromatic carbocycles. The van der Waals surface area contributed by atoms with Gasteiger partial charge in [0, 0.05) is 43.0 Å². The fourth-order valence-electron chi connectivity index (χ4n) is 4.10. The molecule has 202 valence electrons. The Bertz CT molecular complexity index is 929. The van der Waals surface area contributed by atoms with Gasteiger partial charge in [0.25, 0.3) is 5.91 Å². The van der Waals surface area contributed by atoms with E-state index in [1.54, 1.807) is 6.07 Å². The van der Waals surface area contributed by atoms with Crippen LogP contribution in [-0.4, -0.2) is 86.9 Å². The molecule has 1 aliphatic carbocycles. The van der Waals surface area contributed by atoms with Crippen molar-refractivity contribution in [1.29, 1.82) is 0 Å². The van der Waals surface area contributed by atoms with E-state index in [-0.39, 0.29) is 11.4 Å². The van der Waals surface area contributed by atoms with Gasteiger partial charge in [-0.15, -0.1) is 0 Å². The summed E-state index contributed by atoms with van der Waals surface area (Å²) in [5.74, 6) is -5.28. The first-order valence-electron chi connectivity index (χ1n) is 10.8. The summed E-state index contributed by atoms with van der Waals surface area (Å²) >= 11 is 0. The molecule has 1 unspecified atom stereocenters. The number of carboxylic acids is 2. The molecule has 1 saturated carbocycles. The number of halogens is 7. The van der Waals surface area contributed by atoms with E-state index in [0.29, 0.717) is 5.56 Å². The zero-order valence-electron chi connectivity index (χ0n) is 18.8. The molecule has 15 heteroatoms. The fraction of sp³-hybridized carbons (Fsp3) is 0.619. The second-order valence-corrected chi connectivity index (χ2v) is 8.67. The van der Waals surface area contributed by atoms with Crippen LogP contribution in [0.5, 0.6) is 0 Å². The van der Waals surface area contributed by atoms with E-state index in [9.17, 15) is 35.5 Å². The number of carboxylic acid groups (broad SMARTS) is 2. The van der Waals surface area contributed by atoms with Crippen molar-refractivity contribution in [1.82, 2.24) is 14.8 Å². The van der Waals surface area contributed by atoms with E-state index in [4.69, 9.17) is 19.8 Å². The van der Waals surface area contributed by atoms with Crippen LogP contribution in [0.3, 0.4) is 0 Å². The van der Waals surface area contributed by atoms with Gasteiger partial charge < -0.3 is 15.1 Å². The molecule has 3 heterocycles. The van der Waals surface area contributed by atoms with Crippen LogP contribution in [0.1, 0.15) is 42.5 Å². The number of likely N-dealkylation sites (tertiary alicyclic amines) is 2. The summed E-state index contributed by atoms with van der Waals surface area (Å²) in [6, 6.07) is 2.84. The van der Waals surface area contributed by atoms with Crippen LogP contribution in [0.2, 0.25) is 0 Å². The van der Waals surface area contributed by atoms with E-state index < -0.39 is 30.2 Å². The highest BCUT2D eigenvalue weighted by Crippen LogP contribution is 2.41. The summed E-state index contributed by atoms with van der Waals surface area (Å²) in [4.78, 5) is 38.4. The highest BCUT2D eigenvalue weighted by molar-refractivity contribution is 5.94. The molecule has 1 spiro atoms. The molecular weight excluding hydrogens is 507 g/mol. The van der Waals surface area contributed by atoms with Gasteiger partial charge in [-0.2, -0.15) is 30.7 Å². The molecular formula is C21H24F7N3O5. The average molecular weight is 531 g/mol. The number of alkyl halides is 6. The topological polar surface area (TPSA) is 111 Å². The number of amides is 1. The molecule has 8 nitrogen and oxygen atoms in total. The summed E-state index contributed by atoms with van der Waals surface area (Å²) in [5.41, 5.74) is 0.598. The van der Waals surface area contributed by atoms with Crippen LogP contribution in [-0.2, 0) is 9.59 Å². The van der Waals surface area contributed by atoms with Gasteiger partial charge in [0.1, 0.15) is 0 Å². The third kappa shape index (κ3) is 8.31. The zero-order valence-corrected chi connectivity index (χ0v) is 18.8. The number of pyridine rings is 1. The van der Waals surface area contributed by atoms with Crippen molar-refractivity contribution in [2.45, 2.75) is 50.0 Å². The predicted molar refractivity (Wildman–Crippen MR) is 108 cm³/mol. The Balaban J connectivity index is 0.000000271. The maximum atomic E-state index is 13.2. The Hall–Kier alpha value is -2.97. The third-order valence-corrected chi connectivity index (χ3v) is 5.99. The first kappa shape index (κ1) is 29.3. The zero-order chi connectivity index (χ0) is 27.3. The van der Waals surface area contributed by atoms with Crippen LogP contribution in [0.15, 0.2) is 18.3 Å². The van der Waals surface area contributed by atoms with Crippen LogP contribution in [0, 0.1) is 11.9 Å². The average Bonchev–Trinajstić information content (AvgIpc) is 3.35.